The van der Waals surface area contributed by atoms with Gasteiger partial charge in [0.25, 0.3) is 17.5 Å². The molecule has 4 unspecified atom stereocenters. The molecule has 302 valence electrons. The van der Waals surface area contributed by atoms with Gasteiger partial charge in [0.2, 0.25) is 17.7 Å². The number of nitrogens with zero attached hydrogens (tertiary/aromatic N) is 2. The molecular weight excluding hydrogens is 742 g/mol. The maximum Gasteiger partial charge on any atom is 0.333 e. The van der Waals surface area contributed by atoms with E-state index in [9.17, 15) is 43.7 Å². The lowest BCUT2D eigenvalue weighted by Crippen LogP contribution is -2.36. The van der Waals surface area contributed by atoms with Gasteiger partial charge in [-0.15, -0.1) is 5.06 Å². The average Bonchev–Trinajstić information content (AvgIpc) is 3.81. The second kappa shape index (κ2) is 21.1. The Bertz CT molecular complexity index is 1600. The molecule has 0 saturated carbocycles. The molecule has 7 amide bonds. The first-order valence-electron chi connectivity index (χ1n) is 18.4. The fourth-order valence-electron chi connectivity index (χ4n) is 6.33. The van der Waals surface area contributed by atoms with E-state index in [4.69, 9.17) is 14.3 Å². The number of nitrogens with one attached hydrogen (secondary N) is 5. The van der Waals surface area contributed by atoms with Gasteiger partial charge in [-0.2, -0.15) is 11.8 Å². The number of urea groups is 1. The number of methoxy groups -OCH3 is 1. The zero-order chi connectivity index (χ0) is 39.9. The molecule has 3 saturated heterocycles. The van der Waals surface area contributed by atoms with Crippen LogP contribution in [0, 0.1) is 10.1 Å². The predicted octanol–water partition coefficient (Wildman–Crippen LogP) is 2.07. The van der Waals surface area contributed by atoms with Gasteiger partial charge in [0.05, 0.1) is 54.8 Å². The number of carbonyl (C=O) groups excluding carboxylic acids is 7. The minimum absolute atomic E-state index is 0.000609. The summed E-state index contributed by atoms with van der Waals surface area (Å²) in [6.07, 6.45) is 4.07. The van der Waals surface area contributed by atoms with Gasteiger partial charge in [-0.25, -0.2) is 9.59 Å². The van der Waals surface area contributed by atoms with Crippen LogP contribution >= 0.6 is 11.8 Å². The van der Waals surface area contributed by atoms with Crippen molar-refractivity contribution in [3.8, 4) is 11.5 Å². The summed E-state index contributed by atoms with van der Waals surface area (Å²) in [5, 5.41) is 26.9. The van der Waals surface area contributed by atoms with Crippen LogP contribution in [0.3, 0.4) is 0 Å². The number of amides is 7. The Morgan fingerprint density at radius 3 is 2.24 bits per heavy atom. The quantitative estimate of drug-likeness (QED) is 0.0350. The Morgan fingerprint density at radius 2 is 1.58 bits per heavy atom. The third-order valence-electron chi connectivity index (χ3n) is 9.24. The molecule has 20 heteroatoms. The predicted molar refractivity (Wildman–Crippen MR) is 197 cm³/mol. The summed E-state index contributed by atoms with van der Waals surface area (Å²) in [4.78, 5) is 99.8. The molecule has 19 nitrogen and oxygen atoms in total. The van der Waals surface area contributed by atoms with E-state index in [1.165, 1.54) is 26.2 Å². The zero-order valence-electron chi connectivity index (χ0n) is 31.0. The van der Waals surface area contributed by atoms with E-state index in [0.717, 1.165) is 25.0 Å². The normalized spacial score (nSPS) is 19.2. The van der Waals surface area contributed by atoms with Gasteiger partial charge in [-0.05, 0) is 45.1 Å². The highest BCUT2D eigenvalue weighted by atomic mass is 32.2. The molecule has 1 aromatic rings. The van der Waals surface area contributed by atoms with Crippen LogP contribution in [-0.2, 0) is 33.6 Å². The summed E-state index contributed by atoms with van der Waals surface area (Å²) < 4.78 is 11.1. The molecule has 1 aromatic carbocycles. The SMILES string of the molecule is COc1cc(C(C)NC(=O)CCC(=O)ON2C(=O)CCC2=O)c([N+](=O)[O-])cc1OCCCC(=O)NCCCCNC(=O)CCCCC1SCC2NC(=O)NC21. The third kappa shape index (κ3) is 13.0. The second-order valence-electron chi connectivity index (χ2n) is 13.4. The second-order valence-corrected chi connectivity index (χ2v) is 14.7. The summed E-state index contributed by atoms with van der Waals surface area (Å²) in [7, 11) is 1.35. The molecule has 5 N–H and O–H groups in total. The molecule has 55 heavy (non-hydrogen) atoms. The van der Waals surface area contributed by atoms with Crippen molar-refractivity contribution in [2.75, 3.05) is 32.6 Å². The van der Waals surface area contributed by atoms with E-state index in [2.05, 4.69) is 26.6 Å². The lowest BCUT2D eigenvalue weighted by molar-refractivity contribution is -0.385. The number of hydrogen-bond acceptors (Lipinski definition) is 13. The molecule has 4 atom stereocenters. The van der Waals surface area contributed by atoms with E-state index < -0.39 is 41.1 Å². The molecule has 0 aromatic heterocycles. The van der Waals surface area contributed by atoms with Crippen molar-refractivity contribution >= 4 is 59.0 Å². The summed E-state index contributed by atoms with van der Waals surface area (Å²) >= 11 is 1.86. The van der Waals surface area contributed by atoms with Crippen molar-refractivity contribution in [2.45, 2.75) is 107 Å². The standard InChI is InChI=1S/C35H49N7O12S/c1-21(38-30(45)11-14-33(48)54-41-31(46)12-13-32(41)47)22-18-25(52-2)26(19-24(22)42(50)51)53-17-7-10-29(44)37-16-6-5-15-36-28(43)9-4-3-8-27-34-23(20-55-27)39-35(49)40-34/h18-19,21,23,27,34H,3-17,20H2,1-2H3,(H,36,43)(H,37,44)(H,38,45)(H2,39,40,49). The van der Waals surface area contributed by atoms with Gasteiger partial charge in [-0.1, -0.05) is 6.42 Å². The molecule has 0 spiro atoms. The van der Waals surface area contributed by atoms with Gasteiger partial charge < -0.3 is 40.9 Å². The lowest BCUT2D eigenvalue weighted by Gasteiger charge is -2.18. The van der Waals surface area contributed by atoms with E-state index in [0.29, 0.717) is 49.1 Å². The average molecular weight is 792 g/mol. The summed E-state index contributed by atoms with van der Waals surface area (Å²) in [6, 6.07) is 1.94. The maximum absolute atomic E-state index is 12.5. The minimum atomic E-state index is -0.952. The molecule has 3 heterocycles. The number of hydrogen-bond donors (Lipinski definition) is 5. The molecular formula is C35H49N7O12S. The van der Waals surface area contributed by atoms with E-state index in [-0.39, 0.29) is 85.0 Å². The Morgan fingerprint density at radius 1 is 0.909 bits per heavy atom. The first-order chi connectivity index (χ1) is 26.4. The number of benzene rings is 1. The number of ether oxygens (including phenoxy) is 2. The summed E-state index contributed by atoms with van der Waals surface area (Å²) in [6.45, 7) is 2.55. The molecule has 3 aliphatic rings. The van der Waals surface area contributed by atoms with Crippen LogP contribution in [0.1, 0.15) is 95.6 Å². The topological polar surface area (TPSA) is 254 Å². The number of unbranched alkanes of at least 4 members (excludes halogenated alkanes) is 2. The highest BCUT2D eigenvalue weighted by molar-refractivity contribution is 8.00. The number of nitro groups is 1. The fourth-order valence-corrected chi connectivity index (χ4v) is 7.87. The Labute approximate surface area is 322 Å². The number of hydroxylamine groups is 2. The number of thioether (sulfide) groups is 1. The van der Waals surface area contributed by atoms with Gasteiger partial charge in [0, 0.05) is 56.2 Å². The number of carbonyl (C=O) groups is 7. The first kappa shape index (κ1) is 42.6. The highest BCUT2D eigenvalue weighted by Gasteiger charge is 2.42. The largest absolute Gasteiger partial charge is 0.493 e. The van der Waals surface area contributed by atoms with E-state index in [1.54, 1.807) is 0 Å². The Kier molecular flexibility index (Phi) is 16.3. The molecule has 3 aliphatic heterocycles. The van der Waals surface area contributed by atoms with Crippen LogP contribution in [-0.4, -0.2) is 101 Å². The fraction of sp³-hybridized carbons (Fsp3) is 0.629. The smallest absolute Gasteiger partial charge is 0.333 e. The zero-order valence-corrected chi connectivity index (χ0v) is 31.8. The minimum Gasteiger partial charge on any atom is -0.493 e. The number of nitro benzene ring substituents is 1. The Balaban J connectivity index is 1.07. The number of imide groups is 1. The number of fused-ring (bicyclic) bond motifs is 1. The number of rotatable bonds is 23. The van der Waals surface area contributed by atoms with Crippen molar-refractivity contribution in [1.29, 1.82) is 0 Å². The van der Waals surface area contributed by atoms with Crippen LogP contribution in [0.2, 0.25) is 0 Å². The summed E-state index contributed by atoms with van der Waals surface area (Å²) in [5.74, 6) is -1.89. The van der Waals surface area contributed by atoms with Gasteiger partial charge in [0.15, 0.2) is 11.5 Å². The van der Waals surface area contributed by atoms with Crippen LogP contribution in [0.25, 0.3) is 0 Å². The summed E-state index contributed by atoms with van der Waals surface area (Å²) in [5.41, 5.74) is -0.233. The lowest BCUT2D eigenvalue weighted by atomic mass is 10.0. The molecule has 0 aliphatic carbocycles. The van der Waals surface area contributed by atoms with E-state index >= 15 is 0 Å². The molecule has 4 rings (SSSR count). The van der Waals surface area contributed by atoms with Crippen molar-refractivity contribution in [2.24, 2.45) is 0 Å². The van der Waals surface area contributed by atoms with Crippen LogP contribution in [0.15, 0.2) is 12.1 Å². The third-order valence-corrected chi connectivity index (χ3v) is 10.8. The van der Waals surface area contributed by atoms with E-state index in [1.807, 2.05) is 11.8 Å². The van der Waals surface area contributed by atoms with Crippen molar-refractivity contribution in [3.63, 3.8) is 0 Å². The van der Waals surface area contributed by atoms with Crippen LogP contribution < -0.4 is 36.1 Å². The van der Waals surface area contributed by atoms with Gasteiger partial charge in [0.1, 0.15) is 0 Å². The molecule has 0 bridgehead atoms. The van der Waals surface area contributed by atoms with Crippen molar-refractivity contribution < 1.29 is 52.8 Å². The monoisotopic (exact) mass is 791 g/mol. The molecule has 0 radical (unpaired) electrons. The Hall–Kier alpha value is -5.14. The van der Waals surface area contributed by atoms with Crippen molar-refractivity contribution in [1.82, 2.24) is 31.6 Å². The first-order valence-corrected chi connectivity index (χ1v) is 19.5. The van der Waals surface area contributed by atoms with Gasteiger partial charge in [-0.3, -0.25) is 34.1 Å². The van der Waals surface area contributed by atoms with Gasteiger partial charge >= 0.3 is 12.0 Å². The van der Waals surface area contributed by atoms with Crippen LogP contribution in [0.4, 0.5) is 10.5 Å². The molecule has 3 fully saturated rings. The van der Waals surface area contributed by atoms with Crippen molar-refractivity contribution in [3.05, 3.63) is 27.8 Å². The van der Waals surface area contributed by atoms with Crippen LogP contribution in [0.5, 0.6) is 11.5 Å². The maximum atomic E-state index is 12.5. The highest BCUT2D eigenvalue weighted by Crippen LogP contribution is 2.38.